The van der Waals surface area contributed by atoms with Gasteiger partial charge < -0.3 is 10.6 Å². The Hall–Kier alpha value is -1.58. The molecule has 0 aromatic carbocycles. The summed E-state index contributed by atoms with van der Waals surface area (Å²) in [4.78, 5) is 10.8. The van der Waals surface area contributed by atoms with Crippen LogP contribution in [0.1, 0.15) is 5.56 Å². The minimum Gasteiger partial charge on any atom is -0.341 e. The predicted molar refractivity (Wildman–Crippen MR) is 48.9 cm³/mol. The van der Waals surface area contributed by atoms with E-state index in [0.717, 1.165) is 5.56 Å². The molecular weight excluding hydrogens is 166 g/mol. The van der Waals surface area contributed by atoms with Crippen molar-refractivity contribution in [3.63, 3.8) is 0 Å². The van der Waals surface area contributed by atoms with Gasteiger partial charge in [0.25, 0.3) is 0 Å². The second-order valence-electron chi connectivity index (χ2n) is 2.80. The Kier molecular flexibility index (Phi) is 3.25. The van der Waals surface area contributed by atoms with Gasteiger partial charge in [0.2, 0.25) is 0 Å². The summed E-state index contributed by atoms with van der Waals surface area (Å²) in [6, 6.07) is 3.78. The molecule has 1 heterocycles. The van der Waals surface area contributed by atoms with Crippen LogP contribution in [0.4, 0.5) is 4.79 Å². The summed E-state index contributed by atoms with van der Waals surface area (Å²) in [6.45, 7) is 0.556. The standard InChI is InChI=1S/C9H13N3O/c1-10-9(13)11-7-8-3-5-12(2)6-4-8/h3-6H,7H2,1-2H3,(H-,10,11,13)/p+1. The molecule has 2 amide bonds. The monoisotopic (exact) mass is 180 g/mol. The zero-order valence-electron chi connectivity index (χ0n) is 7.87. The number of rotatable bonds is 2. The number of aromatic nitrogens is 1. The molecule has 0 saturated heterocycles. The van der Waals surface area contributed by atoms with Crippen LogP contribution in [0, 0.1) is 0 Å². The van der Waals surface area contributed by atoms with Gasteiger partial charge in [-0.05, 0) is 5.56 Å². The van der Waals surface area contributed by atoms with E-state index in [4.69, 9.17) is 0 Å². The smallest absolute Gasteiger partial charge is 0.314 e. The maximum absolute atomic E-state index is 10.8. The average Bonchev–Trinajstić information content (AvgIpc) is 2.16. The van der Waals surface area contributed by atoms with E-state index in [9.17, 15) is 4.79 Å². The molecule has 0 aliphatic carbocycles. The SMILES string of the molecule is CNC(=O)NCc1cc[n+](C)cc1. The summed E-state index contributed by atoms with van der Waals surface area (Å²) in [6.07, 6.45) is 3.89. The van der Waals surface area contributed by atoms with Crippen molar-refractivity contribution < 1.29 is 9.36 Å². The summed E-state index contributed by atoms with van der Waals surface area (Å²) >= 11 is 0. The first-order chi connectivity index (χ1) is 6.22. The average molecular weight is 180 g/mol. The van der Waals surface area contributed by atoms with Gasteiger partial charge >= 0.3 is 6.03 Å². The summed E-state index contributed by atoms with van der Waals surface area (Å²) in [5.74, 6) is 0. The van der Waals surface area contributed by atoms with Gasteiger partial charge in [0, 0.05) is 25.7 Å². The van der Waals surface area contributed by atoms with Gasteiger partial charge in [0.15, 0.2) is 12.4 Å². The zero-order chi connectivity index (χ0) is 9.68. The summed E-state index contributed by atoms with van der Waals surface area (Å²) in [7, 11) is 3.55. The fourth-order valence-corrected chi connectivity index (χ4v) is 0.920. The van der Waals surface area contributed by atoms with Gasteiger partial charge in [-0.15, -0.1) is 0 Å². The number of carbonyl (C=O) groups excluding carboxylic acids is 1. The largest absolute Gasteiger partial charge is 0.341 e. The van der Waals surface area contributed by atoms with Crippen LogP contribution >= 0.6 is 0 Å². The van der Waals surface area contributed by atoms with E-state index in [2.05, 4.69) is 10.6 Å². The van der Waals surface area contributed by atoms with Crippen molar-refractivity contribution in [3.8, 4) is 0 Å². The maximum atomic E-state index is 10.8. The molecule has 1 aromatic rings. The molecule has 0 spiro atoms. The number of urea groups is 1. The number of hydrogen-bond donors (Lipinski definition) is 2. The third-order valence-electron chi connectivity index (χ3n) is 1.73. The van der Waals surface area contributed by atoms with Crippen molar-refractivity contribution in [2.75, 3.05) is 7.05 Å². The van der Waals surface area contributed by atoms with Crippen LogP contribution in [0.5, 0.6) is 0 Å². The molecule has 0 aliphatic heterocycles. The number of carbonyl (C=O) groups is 1. The molecule has 0 unspecified atom stereocenters. The van der Waals surface area contributed by atoms with E-state index in [1.54, 1.807) is 7.05 Å². The van der Waals surface area contributed by atoms with E-state index in [-0.39, 0.29) is 6.03 Å². The van der Waals surface area contributed by atoms with E-state index < -0.39 is 0 Å². The molecule has 0 aliphatic rings. The molecule has 1 aromatic heterocycles. The lowest BCUT2D eigenvalue weighted by Gasteiger charge is -2.02. The highest BCUT2D eigenvalue weighted by atomic mass is 16.2. The van der Waals surface area contributed by atoms with Crippen LogP contribution in [-0.2, 0) is 13.6 Å². The molecule has 4 heteroatoms. The molecular formula is C9H14N3O+. The Morgan fingerprint density at radius 3 is 2.62 bits per heavy atom. The Labute approximate surface area is 77.6 Å². The molecule has 0 fully saturated rings. The van der Waals surface area contributed by atoms with Gasteiger partial charge in [-0.3, -0.25) is 0 Å². The summed E-state index contributed by atoms with van der Waals surface area (Å²) < 4.78 is 1.95. The Balaban J connectivity index is 2.46. The highest BCUT2D eigenvalue weighted by Gasteiger charge is 1.98. The topological polar surface area (TPSA) is 45.0 Å². The number of amides is 2. The van der Waals surface area contributed by atoms with Crippen molar-refractivity contribution in [3.05, 3.63) is 30.1 Å². The van der Waals surface area contributed by atoms with Crippen LogP contribution in [0.3, 0.4) is 0 Å². The fraction of sp³-hybridized carbons (Fsp3) is 0.333. The third-order valence-corrected chi connectivity index (χ3v) is 1.73. The lowest BCUT2D eigenvalue weighted by atomic mass is 10.3. The highest BCUT2D eigenvalue weighted by molar-refractivity contribution is 5.73. The highest BCUT2D eigenvalue weighted by Crippen LogP contribution is 1.92. The van der Waals surface area contributed by atoms with Crippen molar-refractivity contribution >= 4 is 6.03 Å². The minimum atomic E-state index is -0.159. The zero-order valence-corrected chi connectivity index (χ0v) is 7.87. The first-order valence-electron chi connectivity index (χ1n) is 4.12. The predicted octanol–water partition coefficient (Wildman–Crippen LogP) is -0.0599. The molecule has 13 heavy (non-hydrogen) atoms. The molecule has 0 atom stereocenters. The Morgan fingerprint density at radius 1 is 1.46 bits per heavy atom. The summed E-state index contributed by atoms with van der Waals surface area (Å²) in [5.41, 5.74) is 1.08. The van der Waals surface area contributed by atoms with Crippen molar-refractivity contribution in [2.45, 2.75) is 6.54 Å². The van der Waals surface area contributed by atoms with Gasteiger partial charge in [0.1, 0.15) is 7.05 Å². The van der Waals surface area contributed by atoms with E-state index in [1.165, 1.54) is 0 Å². The van der Waals surface area contributed by atoms with Gasteiger partial charge in [-0.25, -0.2) is 9.36 Å². The fourth-order valence-electron chi connectivity index (χ4n) is 0.920. The number of aryl methyl sites for hydroxylation is 1. The van der Waals surface area contributed by atoms with Gasteiger partial charge in [0.05, 0.1) is 0 Å². The summed E-state index contributed by atoms with van der Waals surface area (Å²) in [5, 5.41) is 5.20. The number of pyridine rings is 1. The maximum Gasteiger partial charge on any atom is 0.314 e. The first kappa shape index (κ1) is 9.51. The second-order valence-corrected chi connectivity index (χ2v) is 2.80. The molecule has 2 N–H and O–H groups in total. The lowest BCUT2D eigenvalue weighted by molar-refractivity contribution is -0.671. The molecule has 1 rings (SSSR count). The Morgan fingerprint density at radius 2 is 2.08 bits per heavy atom. The molecule has 0 bridgehead atoms. The molecule has 4 nitrogen and oxygen atoms in total. The number of nitrogens with zero attached hydrogens (tertiary/aromatic N) is 1. The van der Waals surface area contributed by atoms with Crippen LogP contribution in [-0.4, -0.2) is 13.1 Å². The van der Waals surface area contributed by atoms with Gasteiger partial charge in [-0.1, -0.05) is 0 Å². The van der Waals surface area contributed by atoms with E-state index in [1.807, 2.05) is 36.1 Å². The normalized spacial score (nSPS) is 9.38. The van der Waals surface area contributed by atoms with Crippen molar-refractivity contribution in [1.82, 2.24) is 10.6 Å². The lowest BCUT2D eigenvalue weighted by Crippen LogP contribution is -2.32. The number of hydrogen-bond acceptors (Lipinski definition) is 1. The van der Waals surface area contributed by atoms with Crippen molar-refractivity contribution in [1.29, 1.82) is 0 Å². The van der Waals surface area contributed by atoms with Gasteiger partial charge in [-0.2, -0.15) is 0 Å². The van der Waals surface area contributed by atoms with Crippen molar-refractivity contribution in [2.24, 2.45) is 7.05 Å². The van der Waals surface area contributed by atoms with E-state index >= 15 is 0 Å². The second kappa shape index (κ2) is 4.45. The first-order valence-corrected chi connectivity index (χ1v) is 4.12. The van der Waals surface area contributed by atoms with Crippen LogP contribution in [0.25, 0.3) is 0 Å². The number of nitrogens with one attached hydrogen (secondary N) is 2. The van der Waals surface area contributed by atoms with Crippen LogP contribution in [0.15, 0.2) is 24.5 Å². The third kappa shape index (κ3) is 3.11. The minimum absolute atomic E-state index is 0.159. The van der Waals surface area contributed by atoms with Crippen LogP contribution < -0.4 is 15.2 Å². The molecule has 70 valence electrons. The van der Waals surface area contributed by atoms with E-state index in [0.29, 0.717) is 6.54 Å². The van der Waals surface area contributed by atoms with Crippen LogP contribution in [0.2, 0.25) is 0 Å². The molecule has 0 saturated carbocycles. The Bertz CT molecular complexity index is 281. The quantitative estimate of drug-likeness (QED) is 0.615. The molecule has 0 radical (unpaired) electrons.